The van der Waals surface area contributed by atoms with Gasteiger partial charge in [0.25, 0.3) is 0 Å². The number of esters is 1. The van der Waals surface area contributed by atoms with Crippen molar-refractivity contribution in [2.45, 2.75) is 32.1 Å². The zero-order valence-corrected chi connectivity index (χ0v) is 13.1. The molecule has 2 aromatic rings. The molecular formula is C13H12Cl2N2O2S. The van der Waals surface area contributed by atoms with Gasteiger partial charge in [-0.05, 0) is 42.8 Å². The maximum Gasteiger partial charge on any atom is 0.306 e. The van der Waals surface area contributed by atoms with Crippen molar-refractivity contribution in [1.82, 2.24) is 9.97 Å². The predicted molar refractivity (Wildman–Crippen MR) is 79.7 cm³/mol. The Morgan fingerprint density at radius 3 is 3.00 bits per heavy atom. The molecule has 0 N–H and O–H groups in total. The number of halogens is 2. The molecule has 0 amide bonds. The summed E-state index contributed by atoms with van der Waals surface area (Å²) in [6.45, 7) is 2.22. The van der Waals surface area contributed by atoms with Crippen molar-refractivity contribution >= 4 is 50.7 Å². The molecule has 4 nitrogen and oxygen atoms in total. The molecule has 1 aliphatic rings. The number of thiophene rings is 1. The molecule has 0 fully saturated rings. The van der Waals surface area contributed by atoms with Crippen molar-refractivity contribution in [2.75, 3.05) is 6.61 Å². The molecule has 0 saturated heterocycles. The van der Waals surface area contributed by atoms with Crippen molar-refractivity contribution in [3.05, 3.63) is 20.9 Å². The van der Waals surface area contributed by atoms with Gasteiger partial charge in [0.1, 0.15) is 9.98 Å². The molecule has 1 aliphatic carbocycles. The van der Waals surface area contributed by atoms with Crippen LogP contribution >= 0.6 is 34.5 Å². The maximum atomic E-state index is 11.7. The zero-order chi connectivity index (χ0) is 14.3. The van der Waals surface area contributed by atoms with E-state index in [4.69, 9.17) is 27.9 Å². The van der Waals surface area contributed by atoms with Gasteiger partial charge in [-0.3, -0.25) is 4.79 Å². The fourth-order valence-corrected chi connectivity index (χ4v) is 4.56. The van der Waals surface area contributed by atoms with Crippen molar-refractivity contribution in [2.24, 2.45) is 0 Å². The van der Waals surface area contributed by atoms with E-state index in [0.29, 0.717) is 18.2 Å². The molecule has 2 aromatic heterocycles. The first-order chi connectivity index (χ1) is 9.60. The fourth-order valence-electron chi connectivity index (χ4n) is 2.69. The number of aromatic nitrogens is 2. The molecule has 2 heterocycles. The Balaban J connectivity index is 2.01. The van der Waals surface area contributed by atoms with Crippen LogP contribution in [0, 0.1) is 0 Å². The molecule has 0 aliphatic heterocycles. The minimum absolute atomic E-state index is 0.139. The van der Waals surface area contributed by atoms with E-state index in [1.807, 2.05) is 6.92 Å². The summed E-state index contributed by atoms with van der Waals surface area (Å²) < 4.78 is 5.04. The molecule has 0 spiro atoms. The first-order valence-corrected chi connectivity index (χ1v) is 7.97. The Labute approximate surface area is 130 Å². The van der Waals surface area contributed by atoms with Crippen molar-refractivity contribution in [3.8, 4) is 0 Å². The smallest absolute Gasteiger partial charge is 0.306 e. The Morgan fingerprint density at radius 2 is 2.25 bits per heavy atom. The van der Waals surface area contributed by atoms with Gasteiger partial charge in [-0.1, -0.05) is 11.6 Å². The van der Waals surface area contributed by atoms with Crippen LogP contribution in [0.15, 0.2) is 0 Å². The van der Waals surface area contributed by atoms with Crippen LogP contribution in [0.1, 0.15) is 36.1 Å². The van der Waals surface area contributed by atoms with Crippen LogP contribution in [0.3, 0.4) is 0 Å². The number of ether oxygens (including phenoxy) is 1. The van der Waals surface area contributed by atoms with Crippen LogP contribution in [-0.2, 0) is 16.0 Å². The normalized spacial score (nSPS) is 17.4. The van der Waals surface area contributed by atoms with E-state index in [0.717, 1.165) is 28.6 Å². The minimum Gasteiger partial charge on any atom is -0.466 e. The fraction of sp³-hybridized carbons (Fsp3) is 0.462. The van der Waals surface area contributed by atoms with Gasteiger partial charge in [-0.25, -0.2) is 9.97 Å². The highest BCUT2D eigenvalue weighted by Crippen LogP contribution is 2.46. The van der Waals surface area contributed by atoms with Crippen LogP contribution < -0.4 is 0 Å². The summed E-state index contributed by atoms with van der Waals surface area (Å²) in [6.07, 6.45) is 2.26. The van der Waals surface area contributed by atoms with Gasteiger partial charge in [0.2, 0.25) is 5.28 Å². The Morgan fingerprint density at radius 1 is 1.45 bits per heavy atom. The van der Waals surface area contributed by atoms with Gasteiger partial charge < -0.3 is 4.74 Å². The van der Waals surface area contributed by atoms with Crippen LogP contribution in [0.4, 0.5) is 0 Å². The molecule has 1 atom stereocenters. The first-order valence-electron chi connectivity index (χ1n) is 6.40. The molecule has 20 heavy (non-hydrogen) atoms. The summed E-state index contributed by atoms with van der Waals surface area (Å²) in [5, 5.41) is 1.38. The maximum absolute atomic E-state index is 11.7. The Bertz CT molecular complexity index is 687. The SMILES string of the molecule is CCOC(=O)C[C@@H]1CCc2sc3nc(Cl)nc(Cl)c3c21. The van der Waals surface area contributed by atoms with Gasteiger partial charge >= 0.3 is 5.97 Å². The molecule has 0 saturated carbocycles. The van der Waals surface area contributed by atoms with E-state index >= 15 is 0 Å². The summed E-state index contributed by atoms with van der Waals surface area (Å²) in [7, 11) is 0. The molecule has 3 rings (SSSR count). The number of nitrogens with zero attached hydrogens (tertiary/aromatic N) is 2. The third-order valence-electron chi connectivity index (χ3n) is 3.44. The van der Waals surface area contributed by atoms with E-state index in [2.05, 4.69) is 9.97 Å². The van der Waals surface area contributed by atoms with Crippen molar-refractivity contribution < 1.29 is 9.53 Å². The topological polar surface area (TPSA) is 52.1 Å². The molecular weight excluding hydrogens is 319 g/mol. The van der Waals surface area contributed by atoms with E-state index in [1.54, 1.807) is 11.3 Å². The van der Waals surface area contributed by atoms with E-state index in [1.165, 1.54) is 4.88 Å². The van der Waals surface area contributed by atoms with Gasteiger partial charge in [-0.15, -0.1) is 11.3 Å². The first kappa shape index (κ1) is 14.0. The average Bonchev–Trinajstić information content (AvgIpc) is 2.89. The molecule has 0 radical (unpaired) electrons. The summed E-state index contributed by atoms with van der Waals surface area (Å²) >= 11 is 13.6. The highest BCUT2D eigenvalue weighted by Gasteiger charge is 2.31. The molecule has 0 unspecified atom stereocenters. The third-order valence-corrected chi connectivity index (χ3v) is 5.04. The number of rotatable bonds is 3. The Hall–Kier alpha value is -0.910. The number of carbonyl (C=O) groups is 1. The molecule has 7 heteroatoms. The van der Waals surface area contributed by atoms with Gasteiger partial charge in [0, 0.05) is 4.88 Å². The van der Waals surface area contributed by atoms with E-state index in [-0.39, 0.29) is 17.2 Å². The second-order valence-electron chi connectivity index (χ2n) is 4.65. The summed E-state index contributed by atoms with van der Waals surface area (Å²) in [6, 6.07) is 0. The zero-order valence-electron chi connectivity index (χ0n) is 10.8. The van der Waals surface area contributed by atoms with Crippen molar-refractivity contribution in [1.29, 1.82) is 0 Å². The number of hydrogen-bond acceptors (Lipinski definition) is 5. The van der Waals surface area contributed by atoms with Crippen LogP contribution in [0.2, 0.25) is 10.4 Å². The molecule has 0 bridgehead atoms. The predicted octanol–water partition coefficient (Wildman–Crippen LogP) is 3.98. The second kappa shape index (κ2) is 5.47. The van der Waals surface area contributed by atoms with Gasteiger partial charge in [0.05, 0.1) is 18.4 Å². The number of fused-ring (bicyclic) bond motifs is 3. The summed E-state index contributed by atoms with van der Waals surface area (Å²) in [5.41, 5.74) is 1.11. The molecule has 106 valence electrons. The number of carbonyl (C=O) groups excluding carboxylic acids is 1. The standard InChI is InChI=1S/C13H12Cl2N2O2S/c1-2-19-8(18)5-6-3-4-7-9(6)10-11(14)16-13(15)17-12(10)20-7/h6H,2-5H2,1H3/t6-/m0/s1. The van der Waals surface area contributed by atoms with Gasteiger partial charge in [0.15, 0.2) is 0 Å². The third kappa shape index (κ3) is 2.38. The lowest BCUT2D eigenvalue weighted by atomic mass is 9.98. The quantitative estimate of drug-likeness (QED) is 0.485. The van der Waals surface area contributed by atoms with Crippen LogP contribution in [0.25, 0.3) is 10.2 Å². The lowest BCUT2D eigenvalue weighted by Crippen LogP contribution is -2.08. The highest BCUT2D eigenvalue weighted by atomic mass is 35.5. The lowest BCUT2D eigenvalue weighted by Gasteiger charge is -2.10. The average molecular weight is 331 g/mol. The van der Waals surface area contributed by atoms with Crippen LogP contribution in [-0.4, -0.2) is 22.5 Å². The molecule has 0 aromatic carbocycles. The minimum atomic E-state index is -0.171. The highest BCUT2D eigenvalue weighted by molar-refractivity contribution is 7.19. The van der Waals surface area contributed by atoms with Crippen molar-refractivity contribution in [3.63, 3.8) is 0 Å². The van der Waals surface area contributed by atoms with E-state index in [9.17, 15) is 4.79 Å². The summed E-state index contributed by atoms with van der Waals surface area (Å²) in [4.78, 5) is 22.0. The monoisotopic (exact) mass is 330 g/mol. The lowest BCUT2D eigenvalue weighted by molar-refractivity contribution is -0.143. The number of hydrogen-bond donors (Lipinski definition) is 0. The Kier molecular flexibility index (Phi) is 3.84. The van der Waals surface area contributed by atoms with Crippen LogP contribution in [0.5, 0.6) is 0 Å². The summed E-state index contributed by atoms with van der Waals surface area (Å²) in [5.74, 6) is -0.0317. The second-order valence-corrected chi connectivity index (χ2v) is 6.43. The van der Waals surface area contributed by atoms with Gasteiger partial charge in [-0.2, -0.15) is 0 Å². The van der Waals surface area contributed by atoms with E-state index < -0.39 is 0 Å². The number of aryl methyl sites for hydroxylation is 1. The largest absolute Gasteiger partial charge is 0.466 e.